The summed E-state index contributed by atoms with van der Waals surface area (Å²) in [4.78, 5) is 37.1. The molecule has 1 aromatic rings. The third-order valence-corrected chi connectivity index (χ3v) is 4.08. The van der Waals surface area contributed by atoms with E-state index in [1.165, 1.54) is 13.3 Å². The van der Waals surface area contributed by atoms with Crippen molar-refractivity contribution < 1.29 is 28.6 Å². The number of halogens is 1. The Hall–Kier alpha value is -2.55. The molecule has 0 fully saturated rings. The predicted octanol–water partition coefficient (Wildman–Crippen LogP) is 3.39. The van der Waals surface area contributed by atoms with Gasteiger partial charge in [0, 0.05) is 10.7 Å². The van der Waals surface area contributed by atoms with Crippen molar-refractivity contribution in [2.24, 2.45) is 0 Å². The van der Waals surface area contributed by atoms with Crippen LogP contribution in [0.3, 0.4) is 0 Å². The molecule has 1 unspecified atom stereocenters. The number of amides is 2. The van der Waals surface area contributed by atoms with Crippen LogP contribution < -0.4 is 0 Å². The Kier molecular flexibility index (Phi) is 6.62. The fourth-order valence-electron chi connectivity index (χ4n) is 2.48. The third kappa shape index (κ3) is 3.98. The van der Waals surface area contributed by atoms with E-state index in [1.807, 2.05) is 0 Å². The number of carbonyl (C=O) groups is 3. The lowest BCUT2D eigenvalue weighted by Crippen LogP contribution is -2.46. The summed E-state index contributed by atoms with van der Waals surface area (Å²) in [6.45, 7) is 3.49. The number of ether oxygens (including phenoxy) is 3. The van der Waals surface area contributed by atoms with Gasteiger partial charge >= 0.3 is 18.2 Å². The molecule has 0 aliphatic carbocycles. The minimum atomic E-state index is -0.890. The van der Waals surface area contributed by atoms with E-state index >= 15 is 0 Å². The van der Waals surface area contributed by atoms with Crippen molar-refractivity contribution in [3.8, 4) is 0 Å². The largest absolute Gasteiger partial charge is 0.466 e. The molecule has 0 saturated carbocycles. The summed E-state index contributed by atoms with van der Waals surface area (Å²) in [5, 5.41) is 1.97. The van der Waals surface area contributed by atoms with E-state index in [4.69, 9.17) is 14.2 Å². The molecule has 0 saturated heterocycles. The average Bonchev–Trinajstić information content (AvgIpc) is 3.03. The highest BCUT2D eigenvalue weighted by molar-refractivity contribution is 9.10. The Morgan fingerprint density at radius 3 is 2.15 bits per heavy atom. The van der Waals surface area contributed by atoms with E-state index in [0.717, 1.165) is 14.5 Å². The fraction of sp³-hybridized carbons (Fsp3) is 0.353. The number of benzene rings is 1. The number of carbonyl (C=O) groups excluding carboxylic acids is 3. The standard InChI is InChI=1S/C17H19BrN2O6/c1-4-25-16(22)19-10-13(15(21)24-3)14(20(19)17(23)26-5-2)11-6-8-12(18)9-7-11/h6-10,14H,4-5H2,1-3H3. The third-order valence-electron chi connectivity index (χ3n) is 3.55. The van der Waals surface area contributed by atoms with Gasteiger partial charge in [0.2, 0.25) is 0 Å². The van der Waals surface area contributed by atoms with Gasteiger partial charge < -0.3 is 14.2 Å². The maximum atomic E-state index is 12.5. The summed E-state index contributed by atoms with van der Waals surface area (Å²) in [6, 6.07) is 6.10. The van der Waals surface area contributed by atoms with Crippen molar-refractivity contribution in [2.45, 2.75) is 19.9 Å². The van der Waals surface area contributed by atoms with Gasteiger partial charge in [0.05, 0.1) is 25.9 Å². The van der Waals surface area contributed by atoms with E-state index in [2.05, 4.69) is 15.9 Å². The zero-order valence-corrected chi connectivity index (χ0v) is 16.2. The Morgan fingerprint density at radius 1 is 1.04 bits per heavy atom. The van der Waals surface area contributed by atoms with Gasteiger partial charge in [0.1, 0.15) is 6.04 Å². The highest BCUT2D eigenvalue weighted by Crippen LogP contribution is 2.38. The normalized spacial score (nSPS) is 16.2. The van der Waals surface area contributed by atoms with Crippen molar-refractivity contribution in [3.05, 3.63) is 46.1 Å². The topological polar surface area (TPSA) is 85.4 Å². The van der Waals surface area contributed by atoms with Gasteiger partial charge in [-0.3, -0.25) is 0 Å². The van der Waals surface area contributed by atoms with Crippen molar-refractivity contribution in [1.82, 2.24) is 10.0 Å². The van der Waals surface area contributed by atoms with Gasteiger partial charge in [-0.2, -0.15) is 10.0 Å². The van der Waals surface area contributed by atoms with Crippen LogP contribution in [0.1, 0.15) is 25.5 Å². The smallest absolute Gasteiger partial charge is 0.433 e. The zero-order valence-electron chi connectivity index (χ0n) is 14.6. The lowest BCUT2D eigenvalue weighted by Gasteiger charge is -2.31. The molecule has 140 valence electrons. The number of methoxy groups -OCH3 is 1. The molecule has 0 spiro atoms. The number of hydrogen-bond acceptors (Lipinski definition) is 6. The Morgan fingerprint density at radius 2 is 1.62 bits per heavy atom. The number of esters is 1. The molecule has 1 aliphatic heterocycles. The van der Waals surface area contributed by atoms with Crippen LogP contribution in [-0.2, 0) is 19.0 Å². The SMILES string of the molecule is CCOC(=O)N1C=C(C(=O)OC)C(c2ccc(Br)cc2)N1C(=O)OCC. The fourth-order valence-corrected chi connectivity index (χ4v) is 2.75. The van der Waals surface area contributed by atoms with Crippen LogP contribution in [0.2, 0.25) is 0 Å². The van der Waals surface area contributed by atoms with Crippen molar-refractivity contribution in [3.63, 3.8) is 0 Å². The Balaban J connectivity index is 2.54. The van der Waals surface area contributed by atoms with E-state index in [1.54, 1.807) is 38.1 Å². The van der Waals surface area contributed by atoms with E-state index < -0.39 is 24.2 Å². The van der Waals surface area contributed by atoms with Crippen LogP contribution in [0, 0.1) is 0 Å². The number of rotatable bonds is 4. The molecule has 0 bridgehead atoms. The van der Waals surface area contributed by atoms with Crippen LogP contribution in [0.5, 0.6) is 0 Å². The highest BCUT2D eigenvalue weighted by Gasteiger charge is 2.45. The second-order valence-electron chi connectivity index (χ2n) is 5.12. The molecule has 8 nitrogen and oxygen atoms in total. The van der Waals surface area contributed by atoms with E-state index in [-0.39, 0.29) is 18.8 Å². The molecule has 1 heterocycles. The van der Waals surface area contributed by atoms with Crippen LogP contribution in [0.4, 0.5) is 9.59 Å². The Labute approximate surface area is 159 Å². The first-order valence-corrected chi connectivity index (χ1v) is 8.71. The van der Waals surface area contributed by atoms with Crippen molar-refractivity contribution >= 4 is 34.1 Å². The molecule has 0 aromatic heterocycles. The number of nitrogens with zero attached hydrogens (tertiary/aromatic N) is 2. The van der Waals surface area contributed by atoms with Crippen LogP contribution in [0.15, 0.2) is 40.5 Å². The monoisotopic (exact) mass is 426 g/mol. The van der Waals surface area contributed by atoms with Crippen LogP contribution in [-0.4, -0.2) is 48.5 Å². The molecule has 1 aromatic carbocycles. The van der Waals surface area contributed by atoms with Crippen LogP contribution in [0.25, 0.3) is 0 Å². The van der Waals surface area contributed by atoms with E-state index in [9.17, 15) is 14.4 Å². The summed E-state index contributed by atoms with van der Waals surface area (Å²) < 4.78 is 15.7. The number of hydrogen-bond donors (Lipinski definition) is 0. The van der Waals surface area contributed by atoms with Gasteiger partial charge in [-0.15, -0.1) is 0 Å². The Bertz CT molecular complexity index is 718. The van der Waals surface area contributed by atoms with Gasteiger partial charge in [-0.1, -0.05) is 28.1 Å². The van der Waals surface area contributed by atoms with E-state index in [0.29, 0.717) is 5.56 Å². The van der Waals surface area contributed by atoms with Gasteiger partial charge in [-0.05, 0) is 31.5 Å². The quantitative estimate of drug-likeness (QED) is 0.541. The van der Waals surface area contributed by atoms with Gasteiger partial charge in [0.25, 0.3) is 0 Å². The molecule has 1 atom stereocenters. The van der Waals surface area contributed by atoms with Crippen molar-refractivity contribution in [1.29, 1.82) is 0 Å². The van der Waals surface area contributed by atoms with Crippen molar-refractivity contribution in [2.75, 3.05) is 20.3 Å². The summed E-state index contributed by atoms with van der Waals surface area (Å²) in [5.74, 6) is -0.668. The number of hydrazine groups is 1. The minimum absolute atomic E-state index is 0.104. The first kappa shape index (κ1) is 19.8. The molecule has 1 aliphatic rings. The second-order valence-corrected chi connectivity index (χ2v) is 6.03. The average molecular weight is 427 g/mol. The first-order chi connectivity index (χ1) is 12.4. The maximum Gasteiger partial charge on any atom is 0.433 e. The van der Waals surface area contributed by atoms with Gasteiger partial charge in [-0.25, -0.2) is 14.4 Å². The second kappa shape index (κ2) is 8.70. The highest BCUT2D eigenvalue weighted by atomic mass is 79.9. The summed E-state index contributed by atoms with van der Waals surface area (Å²) in [6.07, 6.45) is -0.363. The molecule has 9 heteroatoms. The van der Waals surface area contributed by atoms with Crippen LogP contribution >= 0.6 is 15.9 Å². The molecular weight excluding hydrogens is 408 g/mol. The first-order valence-electron chi connectivity index (χ1n) is 7.91. The molecule has 2 rings (SSSR count). The lowest BCUT2D eigenvalue weighted by molar-refractivity contribution is -0.136. The maximum absolute atomic E-state index is 12.5. The molecule has 2 amide bonds. The van der Waals surface area contributed by atoms with Gasteiger partial charge in [0.15, 0.2) is 0 Å². The summed E-state index contributed by atoms with van der Waals surface area (Å²) >= 11 is 3.34. The molecule has 0 N–H and O–H groups in total. The zero-order chi connectivity index (χ0) is 19.3. The predicted molar refractivity (Wildman–Crippen MR) is 94.7 cm³/mol. The molecule has 26 heavy (non-hydrogen) atoms. The summed E-state index contributed by atoms with van der Waals surface area (Å²) in [5.41, 5.74) is 0.709. The summed E-state index contributed by atoms with van der Waals surface area (Å²) in [7, 11) is 1.23. The minimum Gasteiger partial charge on any atom is -0.466 e. The molecule has 0 radical (unpaired) electrons. The lowest BCUT2D eigenvalue weighted by atomic mass is 10.00. The molecular formula is C17H19BrN2O6.